The highest BCUT2D eigenvalue weighted by Gasteiger charge is 2.28. The van der Waals surface area contributed by atoms with Crippen LogP contribution in [0.15, 0.2) is 18.2 Å². The van der Waals surface area contributed by atoms with Crippen LogP contribution in [0.4, 0.5) is 5.69 Å². The number of carbonyl (C=O) groups is 1. The lowest BCUT2D eigenvalue weighted by molar-refractivity contribution is -0.384. The molecule has 1 aromatic rings. The predicted octanol–water partition coefficient (Wildman–Crippen LogP) is 1.75. The average molecular weight is 278 g/mol. The Labute approximate surface area is 117 Å². The molecule has 1 heterocycles. The zero-order valence-corrected chi connectivity index (χ0v) is 11.6. The molecule has 0 spiro atoms. The summed E-state index contributed by atoms with van der Waals surface area (Å²) in [6, 6.07) is 4.27. The minimum atomic E-state index is -0.472. The number of nitrogens with zero attached hydrogens (tertiary/aromatic N) is 2. The highest BCUT2D eigenvalue weighted by molar-refractivity contribution is 5.96. The third kappa shape index (κ3) is 2.80. The first-order valence-corrected chi connectivity index (χ1v) is 6.62. The van der Waals surface area contributed by atoms with Gasteiger partial charge in [0.2, 0.25) is 0 Å². The zero-order valence-electron chi connectivity index (χ0n) is 11.6. The molecule has 0 radical (unpaired) electrons. The normalized spacial score (nSPS) is 22.6. The van der Waals surface area contributed by atoms with Crippen molar-refractivity contribution in [2.45, 2.75) is 26.4 Å². The Morgan fingerprint density at radius 1 is 1.50 bits per heavy atom. The smallest absolute Gasteiger partial charge is 0.269 e. The standard InChI is InChI=1S/C14H18N2O4/c1-9-7-11(16(19)20)3-4-12(9)14(18)15-6-5-13(17)10(2)8-15/h3-4,7,10,13,17H,5-6,8H2,1-2H3. The molecule has 6 heteroatoms. The van der Waals surface area contributed by atoms with Gasteiger partial charge in [-0.1, -0.05) is 6.92 Å². The second kappa shape index (κ2) is 5.58. The summed E-state index contributed by atoms with van der Waals surface area (Å²) in [7, 11) is 0. The van der Waals surface area contributed by atoms with Gasteiger partial charge in [-0.3, -0.25) is 14.9 Å². The fraction of sp³-hybridized carbons (Fsp3) is 0.500. The Morgan fingerprint density at radius 2 is 2.20 bits per heavy atom. The number of non-ortho nitro benzene ring substituents is 1. The third-order valence-corrected chi connectivity index (χ3v) is 3.80. The predicted molar refractivity (Wildman–Crippen MR) is 73.5 cm³/mol. The van der Waals surface area contributed by atoms with Crippen LogP contribution in [0.25, 0.3) is 0 Å². The molecule has 1 amide bonds. The largest absolute Gasteiger partial charge is 0.393 e. The second-order valence-corrected chi connectivity index (χ2v) is 5.34. The fourth-order valence-corrected chi connectivity index (χ4v) is 2.49. The molecular formula is C14H18N2O4. The van der Waals surface area contributed by atoms with Crippen LogP contribution < -0.4 is 0 Å². The maximum atomic E-state index is 12.4. The highest BCUT2D eigenvalue weighted by atomic mass is 16.6. The first-order valence-electron chi connectivity index (χ1n) is 6.62. The molecule has 1 aliphatic heterocycles. The number of aliphatic hydroxyl groups is 1. The molecule has 0 aliphatic carbocycles. The van der Waals surface area contributed by atoms with E-state index in [0.717, 1.165) is 0 Å². The van der Waals surface area contributed by atoms with Crippen molar-refractivity contribution in [3.63, 3.8) is 0 Å². The minimum absolute atomic E-state index is 0.0125. The SMILES string of the molecule is Cc1cc([N+](=O)[O-])ccc1C(=O)N1CCC(O)C(C)C1. The van der Waals surface area contributed by atoms with Gasteiger partial charge in [0.15, 0.2) is 0 Å². The van der Waals surface area contributed by atoms with E-state index in [-0.39, 0.29) is 23.6 Å². The molecule has 2 rings (SSSR count). The first-order chi connectivity index (χ1) is 9.40. The van der Waals surface area contributed by atoms with Crippen LogP contribution in [-0.4, -0.2) is 40.0 Å². The van der Waals surface area contributed by atoms with E-state index in [9.17, 15) is 20.0 Å². The number of likely N-dealkylation sites (tertiary alicyclic amines) is 1. The number of hydrogen-bond donors (Lipinski definition) is 1. The lowest BCUT2D eigenvalue weighted by Gasteiger charge is -2.34. The van der Waals surface area contributed by atoms with Gasteiger partial charge in [0.05, 0.1) is 11.0 Å². The van der Waals surface area contributed by atoms with Crippen molar-refractivity contribution >= 4 is 11.6 Å². The molecule has 0 bridgehead atoms. The molecule has 2 unspecified atom stereocenters. The molecular weight excluding hydrogens is 260 g/mol. The van der Waals surface area contributed by atoms with Crippen LogP contribution in [0, 0.1) is 23.0 Å². The molecule has 108 valence electrons. The maximum absolute atomic E-state index is 12.4. The van der Waals surface area contributed by atoms with E-state index < -0.39 is 4.92 Å². The monoisotopic (exact) mass is 278 g/mol. The Kier molecular flexibility index (Phi) is 4.04. The van der Waals surface area contributed by atoms with Crippen molar-refractivity contribution in [3.8, 4) is 0 Å². The number of amides is 1. The van der Waals surface area contributed by atoms with E-state index in [1.165, 1.54) is 18.2 Å². The minimum Gasteiger partial charge on any atom is -0.393 e. The molecule has 0 saturated carbocycles. The number of nitro groups is 1. The van der Waals surface area contributed by atoms with Crippen molar-refractivity contribution in [2.75, 3.05) is 13.1 Å². The Balaban J connectivity index is 2.19. The van der Waals surface area contributed by atoms with Gasteiger partial charge in [0, 0.05) is 30.8 Å². The topological polar surface area (TPSA) is 83.7 Å². The van der Waals surface area contributed by atoms with E-state index in [1.54, 1.807) is 11.8 Å². The summed E-state index contributed by atoms with van der Waals surface area (Å²) in [5.41, 5.74) is 1.07. The summed E-state index contributed by atoms with van der Waals surface area (Å²) in [4.78, 5) is 24.4. The van der Waals surface area contributed by atoms with Gasteiger partial charge in [-0.2, -0.15) is 0 Å². The molecule has 20 heavy (non-hydrogen) atoms. The first kappa shape index (κ1) is 14.5. The van der Waals surface area contributed by atoms with Gasteiger partial charge in [-0.05, 0) is 30.9 Å². The van der Waals surface area contributed by atoms with E-state index in [1.807, 2.05) is 6.92 Å². The van der Waals surface area contributed by atoms with Crippen molar-refractivity contribution < 1.29 is 14.8 Å². The molecule has 1 aromatic carbocycles. The number of hydrogen-bond acceptors (Lipinski definition) is 4. The number of piperidine rings is 1. The van der Waals surface area contributed by atoms with Gasteiger partial charge in [-0.25, -0.2) is 0 Å². The number of benzene rings is 1. The summed E-state index contributed by atoms with van der Waals surface area (Å²) in [6.45, 7) is 4.63. The van der Waals surface area contributed by atoms with Crippen molar-refractivity contribution in [1.82, 2.24) is 4.90 Å². The van der Waals surface area contributed by atoms with Crippen LogP contribution >= 0.6 is 0 Å². The van der Waals surface area contributed by atoms with Crippen LogP contribution in [0.2, 0.25) is 0 Å². The van der Waals surface area contributed by atoms with Crippen molar-refractivity contribution in [1.29, 1.82) is 0 Å². The number of nitro benzene ring substituents is 1. The van der Waals surface area contributed by atoms with E-state index in [0.29, 0.717) is 30.6 Å². The molecule has 1 N–H and O–H groups in total. The summed E-state index contributed by atoms with van der Waals surface area (Å²) in [5.74, 6) is -0.0813. The van der Waals surface area contributed by atoms with Crippen LogP contribution in [0.3, 0.4) is 0 Å². The van der Waals surface area contributed by atoms with Crippen LogP contribution in [0.1, 0.15) is 29.3 Å². The van der Waals surface area contributed by atoms with Gasteiger partial charge in [0.1, 0.15) is 0 Å². The molecule has 2 atom stereocenters. The third-order valence-electron chi connectivity index (χ3n) is 3.80. The van der Waals surface area contributed by atoms with Crippen molar-refractivity contribution in [2.24, 2.45) is 5.92 Å². The van der Waals surface area contributed by atoms with Crippen LogP contribution in [0.5, 0.6) is 0 Å². The fourth-order valence-electron chi connectivity index (χ4n) is 2.49. The van der Waals surface area contributed by atoms with Crippen LogP contribution in [-0.2, 0) is 0 Å². The van der Waals surface area contributed by atoms with Gasteiger partial charge in [-0.15, -0.1) is 0 Å². The highest BCUT2D eigenvalue weighted by Crippen LogP contribution is 2.22. The van der Waals surface area contributed by atoms with Gasteiger partial charge < -0.3 is 10.0 Å². The van der Waals surface area contributed by atoms with Crippen molar-refractivity contribution in [3.05, 3.63) is 39.4 Å². The van der Waals surface area contributed by atoms with E-state index in [2.05, 4.69) is 0 Å². The van der Waals surface area contributed by atoms with Gasteiger partial charge >= 0.3 is 0 Å². The second-order valence-electron chi connectivity index (χ2n) is 5.34. The maximum Gasteiger partial charge on any atom is 0.269 e. The summed E-state index contributed by atoms with van der Waals surface area (Å²) >= 11 is 0. The molecule has 1 saturated heterocycles. The molecule has 0 aromatic heterocycles. The lowest BCUT2D eigenvalue weighted by Crippen LogP contribution is -2.45. The summed E-state index contributed by atoms with van der Waals surface area (Å²) in [6.07, 6.45) is 0.205. The lowest BCUT2D eigenvalue weighted by atomic mass is 9.95. The van der Waals surface area contributed by atoms with Gasteiger partial charge in [0.25, 0.3) is 11.6 Å². The zero-order chi connectivity index (χ0) is 14.9. The number of rotatable bonds is 2. The average Bonchev–Trinajstić information content (AvgIpc) is 2.41. The molecule has 1 fully saturated rings. The number of aryl methyl sites for hydroxylation is 1. The Hall–Kier alpha value is -1.95. The Morgan fingerprint density at radius 3 is 2.75 bits per heavy atom. The molecule has 6 nitrogen and oxygen atoms in total. The summed E-state index contributed by atoms with van der Waals surface area (Å²) in [5, 5.41) is 20.4. The number of carbonyl (C=O) groups excluding carboxylic acids is 1. The Bertz CT molecular complexity index is 544. The van der Waals surface area contributed by atoms with E-state index >= 15 is 0 Å². The molecule has 1 aliphatic rings. The van der Waals surface area contributed by atoms with E-state index in [4.69, 9.17) is 0 Å². The summed E-state index contributed by atoms with van der Waals surface area (Å²) < 4.78 is 0. The number of aliphatic hydroxyl groups excluding tert-OH is 1. The quantitative estimate of drug-likeness (QED) is 0.659.